The van der Waals surface area contributed by atoms with E-state index in [1.807, 2.05) is 21.0 Å². The summed E-state index contributed by atoms with van der Waals surface area (Å²) < 4.78 is 59.6. The summed E-state index contributed by atoms with van der Waals surface area (Å²) in [6.45, 7) is 15.3. The van der Waals surface area contributed by atoms with Crippen molar-refractivity contribution in [1.29, 1.82) is 0 Å². The van der Waals surface area contributed by atoms with Crippen molar-refractivity contribution < 1.29 is 52.1 Å². The Morgan fingerprint density at radius 3 is 0.658 bits per heavy atom. The highest BCUT2D eigenvalue weighted by atomic mass is 16.6. The molecule has 0 N–H and O–H groups in total. The van der Waals surface area contributed by atoms with Gasteiger partial charge >= 0.3 is 0 Å². The highest BCUT2D eigenvalue weighted by Crippen LogP contribution is 1.87. The largest absolute Gasteiger partial charge is 0.379 e. The van der Waals surface area contributed by atoms with Crippen LogP contribution in [0.2, 0.25) is 0 Å². The second-order valence-electron chi connectivity index (χ2n) is 8.12. The lowest BCUT2D eigenvalue weighted by Crippen LogP contribution is -2.19. The molecule has 12 nitrogen and oxygen atoms in total. The molecule has 0 heterocycles. The summed E-state index contributed by atoms with van der Waals surface area (Å²) in [4.78, 5) is 2.08. The molecule has 0 unspecified atom stereocenters. The van der Waals surface area contributed by atoms with Gasteiger partial charge < -0.3 is 57.0 Å². The maximum Gasteiger partial charge on any atom is 0.0701 e. The van der Waals surface area contributed by atoms with Gasteiger partial charge in [-0.2, -0.15) is 0 Å². The van der Waals surface area contributed by atoms with E-state index in [4.69, 9.17) is 52.1 Å². The maximum atomic E-state index is 5.46. The molecule has 0 aliphatic carbocycles. The SMILES string of the molecule is CCOCCOCCOCCOCCOCCOCCOCCOCCOCCOCCOCCN(C)C. The van der Waals surface area contributed by atoms with Crippen molar-refractivity contribution in [2.24, 2.45) is 0 Å². The Kier molecular flexibility index (Phi) is 34.1. The topological polar surface area (TPSA) is 105 Å². The van der Waals surface area contributed by atoms with Gasteiger partial charge in [0, 0.05) is 13.2 Å². The monoisotopic (exact) mass is 557 g/mol. The van der Waals surface area contributed by atoms with Gasteiger partial charge in [0.25, 0.3) is 0 Å². The van der Waals surface area contributed by atoms with Gasteiger partial charge in [-0.05, 0) is 21.0 Å². The molecule has 0 saturated carbocycles. The average Bonchev–Trinajstić information content (AvgIpc) is 2.91. The minimum atomic E-state index is 0.524. The van der Waals surface area contributed by atoms with E-state index < -0.39 is 0 Å². The Morgan fingerprint density at radius 1 is 0.289 bits per heavy atom. The van der Waals surface area contributed by atoms with Crippen molar-refractivity contribution in [3.05, 3.63) is 0 Å². The number of ether oxygens (including phenoxy) is 11. The Morgan fingerprint density at radius 2 is 0.474 bits per heavy atom. The summed E-state index contributed by atoms with van der Waals surface area (Å²) >= 11 is 0. The fourth-order valence-corrected chi connectivity index (χ4v) is 2.59. The van der Waals surface area contributed by atoms with Crippen LogP contribution in [0.25, 0.3) is 0 Å². The van der Waals surface area contributed by atoms with Gasteiger partial charge in [0.2, 0.25) is 0 Å². The molecule has 0 bridgehead atoms. The van der Waals surface area contributed by atoms with Gasteiger partial charge in [0.15, 0.2) is 0 Å². The second-order valence-corrected chi connectivity index (χ2v) is 8.12. The van der Waals surface area contributed by atoms with E-state index in [9.17, 15) is 0 Å². The van der Waals surface area contributed by atoms with Crippen molar-refractivity contribution in [3.63, 3.8) is 0 Å². The summed E-state index contributed by atoms with van der Waals surface area (Å²) in [6, 6.07) is 0. The first-order valence-electron chi connectivity index (χ1n) is 13.8. The molecule has 0 aliphatic rings. The molecule has 0 aromatic carbocycles. The van der Waals surface area contributed by atoms with E-state index in [0.29, 0.717) is 139 Å². The fraction of sp³-hybridized carbons (Fsp3) is 1.00. The van der Waals surface area contributed by atoms with Gasteiger partial charge in [0.05, 0.1) is 139 Å². The van der Waals surface area contributed by atoms with Gasteiger partial charge in [-0.15, -0.1) is 0 Å². The lowest BCUT2D eigenvalue weighted by atomic mass is 10.6. The molecule has 0 rings (SSSR count). The molecule has 0 fully saturated rings. The normalized spacial score (nSPS) is 11.7. The first kappa shape index (κ1) is 37.5. The molecule has 0 amide bonds. The van der Waals surface area contributed by atoms with Crippen LogP contribution in [0, 0.1) is 0 Å². The molecule has 0 atom stereocenters. The molecule has 230 valence electrons. The third-order valence-electron chi connectivity index (χ3n) is 4.61. The number of likely N-dealkylation sites (N-methyl/N-ethyl adjacent to an activating group) is 1. The molecule has 0 radical (unpaired) electrons. The first-order chi connectivity index (χ1) is 18.8. The molecule has 0 spiro atoms. The standard InChI is InChI=1S/C26H55NO11/c1-4-28-7-8-30-11-12-32-15-16-34-19-20-36-23-24-38-26-25-37-22-21-35-18-17-33-14-13-31-10-9-29-6-5-27(2)3/h4-26H2,1-3H3. The molecule has 0 aromatic rings. The van der Waals surface area contributed by atoms with E-state index in [1.165, 1.54) is 0 Å². The Hall–Kier alpha value is -0.480. The predicted molar refractivity (Wildman–Crippen MR) is 143 cm³/mol. The summed E-state index contributed by atoms with van der Waals surface area (Å²) in [5.41, 5.74) is 0. The Labute approximate surface area is 230 Å². The third-order valence-corrected chi connectivity index (χ3v) is 4.61. The van der Waals surface area contributed by atoms with Crippen molar-refractivity contribution in [2.75, 3.05) is 166 Å². The lowest BCUT2D eigenvalue weighted by molar-refractivity contribution is -0.0274. The van der Waals surface area contributed by atoms with Crippen LogP contribution in [-0.2, 0) is 52.1 Å². The summed E-state index contributed by atoms with van der Waals surface area (Å²) in [6.07, 6.45) is 0. The fourth-order valence-electron chi connectivity index (χ4n) is 2.59. The molecule has 0 aromatic heterocycles. The second kappa shape index (κ2) is 34.5. The summed E-state index contributed by atoms with van der Waals surface area (Å²) in [5.74, 6) is 0. The van der Waals surface area contributed by atoms with Gasteiger partial charge in [-0.1, -0.05) is 0 Å². The van der Waals surface area contributed by atoms with Crippen LogP contribution in [0.4, 0.5) is 0 Å². The van der Waals surface area contributed by atoms with E-state index in [-0.39, 0.29) is 0 Å². The highest BCUT2D eigenvalue weighted by molar-refractivity contribution is 4.41. The van der Waals surface area contributed by atoms with E-state index in [0.717, 1.165) is 13.2 Å². The van der Waals surface area contributed by atoms with Crippen molar-refractivity contribution in [3.8, 4) is 0 Å². The Balaban J connectivity index is 3.02. The highest BCUT2D eigenvalue weighted by Gasteiger charge is 1.96. The number of rotatable bonds is 34. The third kappa shape index (κ3) is 35.5. The van der Waals surface area contributed by atoms with Gasteiger partial charge in [-0.3, -0.25) is 0 Å². The molecule has 0 aliphatic heterocycles. The number of nitrogens with zero attached hydrogens (tertiary/aromatic N) is 1. The maximum absolute atomic E-state index is 5.46. The number of hydrogen-bond acceptors (Lipinski definition) is 12. The minimum Gasteiger partial charge on any atom is -0.379 e. The zero-order chi connectivity index (χ0) is 27.6. The predicted octanol–water partition coefficient (Wildman–Crippen LogP) is 0.751. The zero-order valence-corrected chi connectivity index (χ0v) is 24.2. The van der Waals surface area contributed by atoms with Crippen molar-refractivity contribution in [1.82, 2.24) is 4.90 Å². The van der Waals surface area contributed by atoms with Crippen LogP contribution in [0.5, 0.6) is 0 Å². The zero-order valence-electron chi connectivity index (χ0n) is 24.2. The molecular formula is C26H55NO11. The Bertz CT molecular complexity index is 423. The molecule has 0 saturated heterocycles. The van der Waals surface area contributed by atoms with E-state index in [2.05, 4.69) is 4.90 Å². The number of hydrogen-bond donors (Lipinski definition) is 0. The quantitative estimate of drug-likeness (QED) is 0.104. The summed E-state index contributed by atoms with van der Waals surface area (Å²) in [5, 5.41) is 0. The van der Waals surface area contributed by atoms with Crippen LogP contribution in [0.3, 0.4) is 0 Å². The van der Waals surface area contributed by atoms with Crippen LogP contribution in [0.1, 0.15) is 6.92 Å². The first-order valence-corrected chi connectivity index (χ1v) is 13.8. The molecule has 12 heteroatoms. The minimum absolute atomic E-state index is 0.524. The van der Waals surface area contributed by atoms with E-state index >= 15 is 0 Å². The van der Waals surface area contributed by atoms with E-state index in [1.54, 1.807) is 0 Å². The van der Waals surface area contributed by atoms with Crippen LogP contribution in [0.15, 0.2) is 0 Å². The van der Waals surface area contributed by atoms with Crippen LogP contribution < -0.4 is 0 Å². The summed E-state index contributed by atoms with van der Waals surface area (Å²) in [7, 11) is 4.04. The van der Waals surface area contributed by atoms with Crippen LogP contribution >= 0.6 is 0 Å². The van der Waals surface area contributed by atoms with Gasteiger partial charge in [-0.25, -0.2) is 0 Å². The van der Waals surface area contributed by atoms with Gasteiger partial charge in [0.1, 0.15) is 0 Å². The molecule has 38 heavy (non-hydrogen) atoms. The molecular weight excluding hydrogens is 502 g/mol. The average molecular weight is 558 g/mol. The lowest BCUT2D eigenvalue weighted by Gasteiger charge is -2.10. The smallest absolute Gasteiger partial charge is 0.0701 e. The van der Waals surface area contributed by atoms with Crippen molar-refractivity contribution in [2.45, 2.75) is 6.92 Å². The van der Waals surface area contributed by atoms with Crippen LogP contribution in [-0.4, -0.2) is 171 Å². The van der Waals surface area contributed by atoms with Crippen molar-refractivity contribution >= 4 is 0 Å².